The van der Waals surface area contributed by atoms with Crippen LogP contribution in [-0.4, -0.2) is 9.85 Å². The predicted molar refractivity (Wildman–Crippen MR) is 74.0 cm³/mol. The number of nitro groups is 2. The summed E-state index contributed by atoms with van der Waals surface area (Å²) in [4.78, 5) is 20.4. The molecule has 0 fully saturated rings. The van der Waals surface area contributed by atoms with Crippen molar-refractivity contribution in [2.24, 2.45) is 0 Å². The van der Waals surface area contributed by atoms with Crippen LogP contribution in [0.4, 0.5) is 11.4 Å². The van der Waals surface area contributed by atoms with E-state index in [1.54, 1.807) is 24.3 Å². The second-order valence-corrected chi connectivity index (χ2v) is 4.57. The third-order valence-electron chi connectivity index (χ3n) is 2.76. The van der Waals surface area contributed by atoms with Crippen LogP contribution in [0.15, 0.2) is 42.5 Å². The number of hydrogen-bond donors (Lipinski definition) is 0. The predicted octanol–water partition coefficient (Wildman–Crippen LogP) is 3.75. The molecule has 0 heterocycles. The van der Waals surface area contributed by atoms with Crippen molar-refractivity contribution in [3.8, 4) is 0 Å². The van der Waals surface area contributed by atoms with Gasteiger partial charge in [-0.05, 0) is 23.8 Å². The van der Waals surface area contributed by atoms with E-state index < -0.39 is 9.85 Å². The first-order valence-electron chi connectivity index (χ1n) is 5.63. The largest absolute Gasteiger partial charge is 0.279 e. The second-order valence-electron chi connectivity index (χ2n) is 4.13. The topological polar surface area (TPSA) is 86.3 Å². The Kier molecular flexibility index (Phi) is 3.95. The molecule has 2 aromatic carbocycles. The van der Waals surface area contributed by atoms with E-state index in [1.165, 1.54) is 12.1 Å². The fraction of sp³-hybridized carbons (Fsp3) is 0.0769. The summed E-state index contributed by atoms with van der Waals surface area (Å²) < 4.78 is 0. The van der Waals surface area contributed by atoms with Crippen LogP contribution >= 0.6 is 11.6 Å². The highest BCUT2D eigenvalue weighted by atomic mass is 35.5. The van der Waals surface area contributed by atoms with Gasteiger partial charge in [0, 0.05) is 23.1 Å². The van der Waals surface area contributed by atoms with Crippen LogP contribution in [0.1, 0.15) is 11.1 Å². The van der Waals surface area contributed by atoms with Gasteiger partial charge < -0.3 is 0 Å². The number of nitro benzene ring substituents is 2. The monoisotopic (exact) mass is 292 g/mol. The van der Waals surface area contributed by atoms with Gasteiger partial charge >= 0.3 is 0 Å². The number of nitrogens with zero attached hydrogens (tertiary/aromatic N) is 2. The summed E-state index contributed by atoms with van der Waals surface area (Å²) in [6.07, 6.45) is 0.287. The SMILES string of the molecule is O=[N+]([O-])c1ccc(Cc2cccc(Cl)c2)c([N+](=O)[O-])c1. The molecule has 0 amide bonds. The van der Waals surface area contributed by atoms with Gasteiger partial charge in [0.1, 0.15) is 0 Å². The Morgan fingerprint density at radius 2 is 1.75 bits per heavy atom. The molecule has 2 rings (SSSR count). The van der Waals surface area contributed by atoms with E-state index in [0.29, 0.717) is 10.6 Å². The van der Waals surface area contributed by atoms with E-state index >= 15 is 0 Å². The number of halogens is 1. The molecule has 0 atom stereocenters. The van der Waals surface area contributed by atoms with Gasteiger partial charge in [-0.3, -0.25) is 20.2 Å². The van der Waals surface area contributed by atoms with Crippen molar-refractivity contribution in [2.45, 2.75) is 6.42 Å². The smallest absolute Gasteiger partial charge is 0.258 e. The standard InChI is InChI=1S/C13H9ClN2O4/c14-11-3-1-2-9(7-11)6-10-4-5-12(15(17)18)8-13(10)16(19)20/h1-5,7-8H,6H2. The Hall–Kier alpha value is -2.47. The van der Waals surface area contributed by atoms with Gasteiger partial charge in [-0.2, -0.15) is 0 Å². The Morgan fingerprint density at radius 3 is 2.35 bits per heavy atom. The van der Waals surface area contributed by atoms with E-state index in [-0.39, 0.29) is 17.8 Å². The third-order valence-corrected chi connectivity index (χ3v) is 3.00. The summed E-state index contributed by atoms with van der Waals surface area (Å²) in [6, 6.07) is 10.6. The van der Waals surface area contributed by atoms with E-state index in [2.05, 4.69) is 0 Å². The fourth-order valence-electron chi connectivity index (χ4n) is 1.85. The van der Waals surface area contributed by atoms with Crippen molar-refractivity contribution in [3.05, 3.63) is 78.8 Å². The quantitative estimate of drug-likeness (QED) is 0.634. The highest BCUT2D eigenvalue weighted by Gasteiger charge is 2.19. The zero-order valence-electron chi connectivity index (χ0n) is 10.2. The molecule has 0 N–H and O–H groups in total. The highest BCUT2D eigenvalue weighted by molar-refractivity contribution is 6.30. The molecule has 0 saturated carbocycles. The Labute approximate surface area is 118 Å². The van der Waals surface area contributed by atoms with Crippen LogP contribution < -0.4 is 0 Å². The maximum absolute atomic E-state index is 11.0. The summed E-state index contributed by atoms with van der Waals surface area (Å²) in [5.74, 6) is 0. The Balaban J connectivity index is 2.41. The average Bonchev–Trinajstić information content (AvgIpc) is 2.38. The molecule has 2 aromatic rings. The number of non-ortho nitro benzene ring substituents is 1. The molecular formula is C13H9ClN2O4. The summed E-state index contributed by atoms with van der Waals surface area (Å²) in [7, 11) is 0. The lowest BCUT2D eigenvalue weighted by molar-refractivity contribution is -0.394. The Morgan fingerprint density at radius 1 is 1.00 bits per heavy atom. The van der Waals surface area contributed by atoms with Crippen LogP contribution in [0.3, 0.4) is 0 Å². The maximum atomic E-state index is 11.0. The van der Waals surface area contributed by atoms with Gasteiger partial charge in [-0.15, -0.1) is 0 Å². The lowest BCUT2D eigenvalue weighted by Gasteiger charge is -2.04. The molecule has 102 valence electrons. The van der Waals surface area contributed by atoms with E-state index in [9.17, 15) is 20.2 Å². The van der Waals surface area contributed by atoms with Crippen molar-refractivity contribution in [3.63, 3.8) is 0 Å². The number of rotatable bonds is 4. The van der Waals surface area contributed by atoms with Crippen molar-refractivity contribution in [1.82, 2.24) is 0 Å². The molecule has 0 saturated heterocycles. The maximum Gasteiger partial charge on any atom is 0.279 e. The zero-order valence-corrected chi connectivity index (χ0v) is 10.9. The van der Waals surface area contributed by atoms with E-state index in [4.69, 9.17) is 11.6 Å². The minimum absolute atomic E-state index is 0.265. The number of benzene rings is 2. The molecule has 0 unspecified atom stereocenters. The van der Waals surface area contributed by atoms with Crippen LogP contribution in [-0.2, 0) is 6.42 Å². The first-order chi connectivity index (χ1) is 9.47. The molecule has 0 spiro atoms. The second kappa shape index (κ2) is 5.66. The lowest BCUT2D eigenvalue weighted by atomic mass is 10.0. The zero-order chi connectivity index (χ0) is 14.7. The molecular weight excluding hydrogens is 284 g/mol. The first kappa shape index (κ1) is 14.0. The fourth-order valence-corrected chi connectivity index (χ4v) is 2.06. The molecule has 20 heavy (non-hydrogen) atoms. The van der Waals surface area contributed by atoms with Crippen molar-refractivity contribution >= 4 is 23.0 Å². The first-order valence-corrected chi connectivity index (χ1v) is 6.01. The molecule has 0 radical (unpaired) electrons. The van der Waals surface area contributed by atoms with Crippen LogP contribution in [0.2, 0.25) is 5.02 Å². The molecule has 0 bridgehead atoms. The molecule has 7 heteroatoms. The summed E-state index contributed by atoms with van der Waals surface area (Å²) in [5.41, 5.74) is 0.642. The van der Waals surface area contributed by atoms with Gasteiger partial charge in [0.25, 0.3) is 11.4 Å². The van der Waals surface area contributed by atoms with Crippen LogP contribution in [0.25, 0.3) is 0 Å². The minimum atomic E-state index is -0.657. The van der Waals surface area contributed by atoms with Gasteiger partial charge in [0.15, 0.2) is 0 Å². The van der Waals surface area contributed by atoms with Gasteiger partial charge in [0.05, 0.1) is 15.9 Å². The van der Waals surface area contributed by atoms with Gasteiger partial charge in [-0.25, -0.2) is 0 Å². The van der Waals surface area contributed by atoms with E-state index in [0.717, 1.165) is 11.6 Å². The van der Waals surface area contributed by atoms with Crippen LogP contribution in [0, 0.1) is 20.2 Å². The van der Waals surface area contributed by atoms with Crippen molar-refractivity contribution in [2.75, 3.05) is 0 Å². The minimum Gasteiger partial charge on any atom is -0.258 e. The summed E-state index contributed by atoms with van der Waals surface area (Å²) in [5, 5.41) is 22.2. The third kappa shape index (κ3) is 3.10. The van der Waals surface area contributed by atoms with Crippen molar-refractivity contribution < 1.29 is 9.85 Å². The summed E-state index contributed by atoms with van der Waals surface area (Å²) >= 11 is 5.86. The van der Waals surface area contributed by atoms with Gasteiger partial charge in [0.2, 0.25) is 0 Å². The van der Waals surface area contributed by atoms with E-state index in [1.807, 2.05) is 0 Å². The lowest BCUT2D eigenvalue weighted by Crippen LogP contribution is -1.98. The highest BCUT2D eigenvalue weighted by Crippen LogP contribution is 2.27. The molecule has 0 aromatic heterocycles. The van der Waals surface area contributed by atoms with Gasteiger partial charge in [-0.1, -0.05) is 23.7 Å². The Bertz CT molecular complexity index is 688. The normalized spacial score (nSPS) is 10.2. The molecule has 0 aliphatic rings. The van der Waals surface area contributed by atoms with Crippen molar-refractivity contribution in [1.29, 1.82) is 0 Å². The average molecular weight is 293 g/mol. The molecule has 0 aliphatic carbocycles. The number of hydrogen-bond acceptors (Lipinski definition) is 4. The summed E-state index contributed by atoms with van der Waals surface area (Å²) in [6.45, 7) is 0. The molecule has 6 nitrogen and oxygen atoms in total. The van der Waals surface area contributed by atoms with Crippen LogP contribution in [0.5, 0.6) is 0 Å². The molecule has 0 aliphatic heterocycles.